The average molecular weight is 787 g/mol. The molecule has 2 rings (SSSR count). The molecule has 2 aliphatic carbocycles. The molecule has 4 atom stereocenters. The number of esters is 8. The van der Waals surface area contributed by atoms with E-state index in [0.29, 0.717) is 12.8 Å². The molecular formula is C40H50O16. The Balaban J connectivity index is 2.30. The van der Waals surface area contributed by atoms with Gasteiger partial charge in [-0.3, -0.25) is 9.59 Å². The minimum absolute atomic E-state index is 0.227. The van der Waals surface area contributed by atoms with Gasteiger partial charge in [-0.15, -0.1) is 0 Å². The van der Waals surface area contributed by atoms with Crippen LogP contribution in [0.3, 0.4) is 0 Å². The second kappa shape index (κ2) is 23.2. The third-order valence-electron chi connectivity index (χ3n) is 9.47. The molecule has 16 nitrogen and oxygen atoms in total. The Hall–Kier alpha value is -5.80. The van der Waals surface area contributed by atoms with Crippen molar-refractivity contribution >= 4 is 47.8 Å². The Labute approximate surface area is 325 Å². The topological polar surface area (TPSA) is 210 Å². The molecule has 0 aromatic rings. The first-order chi connectivity index (χ1) is 26.7. The molecule has 16 heteroatoms. The van der Waals surface area contributed by atoms with Crippen LogP contribution in [0.5, 0.6) is 0 Å². The molecule has 2 saturated carbocycles. The van der Waals surface area contributed by atoms with Gasteiger partial charge in [-0.2, -0.15) is 0 Å². The summed E-state index contributed by atoms with van der Waals surface area (Å²) in [6.07, 6.45) is 8.64. The average Bonchev–Trinajstić information content (AvgIpc) is 3.23. The molecule has 0 bridgehead atoms. The maximum Gasteiger partial charge on any atom is 0.330 e. The molecule has 0 radical (unpaired) electrons. The molecule has 0 amide bonds. The van der Waals surface area contributed by atoms with Gasteiger partial charge in [-0.05, 0) is 37.5 Å². The van der Waals surface area contributed by atoms with E-state index in [0.717, 1.165) is 49.3 Å². The molecule has 56 heavy (non-hydrogen) atoms. The van der Waals surface area contributed by atoms with Crippen LogP contribution in [0.25, 0.3) is 0 Å². The van der Waals surface area contributed by atoms with Crippen LogP contribution in [0.1, 0.15) is 38.5 Å². The lowest BCUT2D eigenvalue weighted by Gasteiger charge is -2.44. The van der Waals surface area contributed by atoms with Crippen LogP contribution in [0.2, 0.25) is 0 Å². The Morgan fingerprint density at radius 3 is 0.804 bits per heavy atom. The highest BCUT2D eigenvalue weighted by molar-refractivity contribution is 5.83. The van der Waals surface area contributed by atoms with Crippen molar-refractivity contribution < 1.29 is 76.3 Å². The number of hydrogen-bond donors (Lipinski definition) is 0. The van der Waals surface area contributed by atoms with E-state index in [2.05, 4.69) is 39.5 Å². The van der Waals surface area contributed by atoms with Crippen LogP contribution in [-0.2, 0) is 76.3 Å². The van der Waals surface area contributed by atoms with E-state index in [1.54, 1.807) is 0 Å². The number of rotatable bonds is 24. The van der Waals surface area contributed by atoms with Crippen molar-refractivity contribution in [2.45, 2.75) is 38.5 Å². The van der Waals surface area contributed by atoms with E-state index in [1.807, 2.05) is 0 Å². The van der Waals surface area contributed by atoms with Crippen molar-refractivity contribution in [2.75, 3.05) is 52.9 Å². The summed E-state index contributed by atoms with van der Waals surface area (Å²) < 4.78 is 42.9. The van der Waals surface area contributed by atoms with Crippen molar-refractivity contribution in [1.29, 1.82) is 0 Å². The standard InChI is InChI=1S/C40H50O16/c1-7-31(41)49-19-39(20-50-32(42)8-2,21-51-33(43)9-3)25-55-37(47)29-17-18-30(28-16-14-13-15-27(28)29)38(48)56-26-40(22-52-34(44)10-4,23-53-35(45)11-5)24-54-36(46)12-6/h7-12,27-30H,1-6,13-26H2. The first-order valence-electron chi connectivity index (χ1n) is 17.8. The fraction of sp³-hybridized carbons (Fsp3) is 0.500. The van der Waals surface area contributed by atoms with Gasteiger partial charge in [0.2, 0.25) is 0 Å². The van der Waals surface area contributed by atoms with Crippen molar-refractivity contribution in [2.24, 2.45) is 34.5 Å². The lowest BCUT2D eigenvalue weighted by atomic mass is 9.61. The summed E-state index contributed by atoms with van der Waals surface area (Å²) in [5.74, 6) is -8.10. The van der Waals surface area contributed by atoms with E-state index in [1.165, 1.54) is 0 Å². The number of carbonyl (C=O) groups is 8. The van der Waals surface area contributed by atoms with Crippen LogP contribution in [0.15, 0.2) is 75.9 Å². The molecular weight excluding hydrogens is 736 g/mol. The van der Waals surface area contributed by atoms with Crippen LogP contribution in [0, 0.1) is 34.5 Å². The minimum atomic E-state index is -1.52. The normalized spacial score (nSPS) is 18.8. The summed E-state index contributed by atoms with van der Waals surface area (Å²) in [4.78, 5) is 99.6. The molecule has 2 aliphatic rings. The van der Waals surface area contributed by atoms with Crippen molar-refractivity contribution in [3.63, 3.8) is 0 Å². The first kappa shape index (κ1) is 46.4. The number of fused-ring (bicyclic) bond motifs is 1. The van der Waals surface area contributed by atoms with E-state index >= 15 is 0 Å². The maximum absolute atomic E-state index is 13.8. The first-order valence-corrected chi connectivity index (χ1v) is 17.8. The highest BCUT2D eigenvalue weighted by Crippen LogP contribution is 2.48. The van der Waals surface area contributed by atoms with E-state index < -0.39 is 123 Å². The van der Waals surface area contributed by atoms with Gasteiger partial charge in [0.15, 0.2) is 0 Å². The largest absolute Gasteiger partial charge is 0.464 e. The van der Waals surface area contributed by atoms with Crippen LogP contribution >= 0.6 is 0 Å². The summed E-state index contributed by atoms with van der Waals surface area (Å²) in [6, 6.07) is 0. The molecule has 306 valence electrons. The zero-order valence-electron chi connectivity index (χ0n) is 31.4. The summed E-state index contributed by atoms with van der Waals surface area (Å²) in [7, 11) is 0. The van der Waals surface area contributed by atoms with Crippen LogP contribution in [0.4, 0.5) is 0 Å². The predicted octanol–water partition coefficient (Wildman–Crippen LogP) is 3.25. The van der Waals surface area contributed by atoms with Crippen molar-refractivity contribution in [1.82, 2.24) is 0 Å². The van der Waals surface area contributed by atoms with Crippen LogP contribution < -0.4 is 0 Å². The quantitative estimate of drug-likeness (QED) is 0.0781. The van der Waals surface area contributed by atoms with Gasteiger partial charge in [-0.25, -0.2) is 28.8 Å². The van der Waals surface area contributed by atoms with E-state index in [4.69, 9.17) is 37.9 Å². The highest BCUT2D eigenvalue weighted by Gasteiger charge is 2.48. The Bertz CT molecular complexity index is 1290. The fourth-order valence-corrected chi connectivity index (χ4v) is 6.42. The van der Waals surface area contributed by atoms with Gasteiger partial charge >= 0.3 is 47.8 Å². The van der Waals surface area contributed by atoms with Crippen molar-refractivity contribution in [3.05, 3.63) is 75.9 Å². The Morgan fingerprint density at radius 1 is 0.375 bits per heavy atom. The zero-order valence-corrected chi connectivity index (χ0v) is 31.4. The summed E-state index contributed by atoms with van der Waals surface area (Å²) in [5, 5.41) is 0. The third-order valence-corrected chi connectivity index (χ3v) is 9.47. The van der Waals surface area contributed by atoms with Gasteiger partial charge < -0.3 is 37.9 Å². The Kier molecular flexibility index (Phi) is 19.2. The lowest BCUT2D eigenvalue weighted by Crippen LogP contribution is -2.47. The van der Waals surface area contributed by atoms with Gasteiger partial charge in [0.1, 0.15) is 63.7 Å². The Morgan fingerprint density at radius 2 is 0.589 bits per heavy atom. The van der Waals surface area contributed by atoms with Gasteiger partial charge in [0.05, 0.1) is 11.8 Å². The van der Waals surface area contributed by atoms with E-state index in [-0.39, 0.29) is 24.7 Å². The molecule has 0 saturated heterocycles. The molecule has 0 heterocycles. The highest BCUT2D eigenvalue weighted by atomic mass is 16.6. The molecule has 0 aliphatic heterocycles. The molecule has 4 unspecified atom stereocenters. The summed E-state index contributed by atoms with van der Waals surface area (Å²) in [5.41, 5.74) is -3.05. The maximum atomic E-state index is 13.8. The van der Waals surface area contributed by atoms with Gasteiger partial charge in [-0.1, -0.05) is 52.3 Å². The molecule has 0 N–H and O–H groups in total. The van der Waals surface area contributed by atoms with Gasteiger partial charge in [0.25, 0.3) is 0 Å². The third kappa shape index (κ3) is 14.5. The monoisotopic (exact) mass is 786 g/mol. The predicted molar refractivity (Wildman–Crippen MR) is 195 cm³/mol. The van der Waals surface area contributed by atoms with Crippen LogP contribution in [-0.4, -0.2) is 101 Å². The number of ether oxygens (including phenoxy) is 8. The lowest BCUT2D eigenvalue weighted by molar-refractivity contribution is -0.178. The molecule has 0 aromatic heterocycles. The second-order valence-corrected chi connectivity index (χ2v) is 13.5. The van der Waals surface area contributed by atoms with E-state index in [9.17, 15) is 38.4 Å². The smallest absolute Gasteiger partial charge is 0.330 e. The second-order valence-electron chi connectivity index (χ2n) is 13.5. The summed E-state index contributed by atoms with van der Waals surface area (Å²) in [6.45, 7) is 16.2. The fourth-order valence-electron chi connectivity index (χ4n) is 6.42. The van der Waals surface area contributed by atoms with Gasteiger partial charge in [0, 0.05) is 36.5 Å². The molecule has 2 fully saturated rings. The van der Waals surface area contributed by atoms with Crippen molar-refractivity contribution in [3.8, 4) is 0 Å². The SMILES string of the molecule is C=CC(=O)OCC(COC(=O)C=C)(COC(=O)C=C)COC(=O)C1CCC(C(=O)OCC(COC(=O)C=C)(COC(=O)C=C)COC(=O)C=C)C2CCCCC12. The molecule has 0 spiro atoms. The minimum Gasteiger partial charge on any atom is -0.464 e. The summed E-state index contributed by atoms with van der Waals surface area (Å²) >= 11 is 0. The molecule has 0 aromatic carbocycles. The number of hydrogen-bond acceptors (Lipinski definition) is 16. The number of carbonyl (C=O) groups excluding carboxylic acids is 8. The zero-order chi connectivity index (χ0) is 41.7.